The Hall–Kier alpha value is -1.62. The zero-order valence-corrected chi connectivity index (χ0v) is 10.9. The van der Waals surface area contributed by atoms with E-state index in [0.29, 0.717) is 25.3 Å². The first-order chi connectivity index (χ1) is 8.72. The minimum Gasteiger partial charge on any atom is -0.378 e. The summed E-state index contributed by atoms with van der Waals surface area (Å²) in [5, 5.41) is 2.83. The van der Waals surface area contributed by atoms with Crippen LogP contribution >= 0.6 is 0 Å². The van der Waals surface area contributed by atoms with Crippen LogP contribution < -0.4 is 10.2 Å². The third-order valence-corrected chi connectivity index (χ3v) is 2.90. The normalized spacial score (nSPS) is 15.6. The van der Waals surface area contributed by atoms with Gasteiger partial charge in [-0.05, 0) is 25.5 Å². The second-order valence-corrected chi connectivity index (χ2v) is 4.34. The molecule has 1 saturated heterocycles. The van der Waals surface area contributed by atoms with E-state index in [0.717, 1.165) is 24.5 Å². The largest absolute Gasteiger partial charge is 0.378 e. The maximum atomic E-state index is 12.1. The number of nitrogens with zero attached hydrogens (tertiary/aromatic N) is 2. The standard InChI is InChI=1S/C13H19N3O2/c1-3-14-13(17)11-8-10(2)9-15-12(11)16-4-6-18-7-5-16/h8-9H,3-7H2,1-2H3,(H,14,17). The molecule has 0 aromatic carbocycles. The number of hydrogen-bond acceptors (Lipinski definition) is 4. The van der Waals surface area contributed by atoms with Crippen LogP contribution in [-0.4, -0.2) is 43.7 Å². The molecule has 1 amide bonds. The Bertz CT molecular complexity index is 428. The lowest BCUT2D eigenvalue weighted by atomic mass is 10.1. The Labute approximate surface area is 107 Å². The number of amides is 1. The van der Waals surface area contributed by atoms with Crippen molar-refractivity contribution in [1.82, 2.24) is 10.3 Å². The lowest BCUT2D eigenvalue weighted by Crippen LogP contribution is -2.38. The van der Waals surface area contributed by atoms with Gasteiger partial charge in [0.25, 0.3) is 5.91 Å². The molecule has 0 saturated carbocycles. The second-order valence-electron chi connectivity index (χ2n) is 4.34. The predicted molar refractivity (Wildman–Crippen MR) is 70.0 cm³/mol. The van der Waals surface area contributed by atoms with Crippen LogP contribution in [0, 0.1) is 6.92 Å². The maximum absolute atomic E-state index is 12.1. The number of carbonyl (C=O) groups excluding carboxylic acids is 1. The van der Waals surface area contributed by atoms with Gasteiger partial charge in [0.05, 0.1) is 18.8 Å². The minimum absolute atomic E-state index is 0.0600. The van der Waals surface area contributed by atoms with E-state index in [-0.39, 0.29) is 5.91 Å². The number of carbonyl (C=O) groups is 1. The molecule has 5 nitrogen and oxygen atoms in total. The maximum Gasteiger partial charge on any atom is 0.255 e. The second kappa shape index (κ2) is 5.82. The van der Waals surface area contributed by atoms with E-state index >= 15 is 0 Å². The molecule has 2 heterocycles. The monoisotopic (exact) mass is 249 g/mol. The van der Waals surface area contributed by atoms with Crippen molar-refractivity contribution in [1.29, 1.82) is 0 Å². The minimum atomic E-state index is -0.0600. The third kappa shape index (κ3) is 2.79. The van der Waals surface area contributed by atoms with E-state index in [1.165, 1.54) is 0 Å². The van der Waals surface area contributed by atoms with E-state index in [2.05, 4.69) is 15.2 Å². The van der Waals surface area contributed by atoms with Crippen molar-refractivity contribution < 1.29 is 9.53 Å². The number of nitrogens with one attached hydrogen (secondary N) is 1. The number of morpholine rings is 1. The number of aryl methyl sites for hydroxylation is 1. The van der Waals surface area contributed by atoms with Crippen molar-refractivity contribution in [2.75, 3.05) is 37.7 Å². The Morgan fingerprint density at radius 1 is 1.50 bits per heavy atom. The highest BCUT2D eigenvalue weighted by atomic mass is 16.5. The summed E-state index contributed by atoms with van der Waals surface area (Å²) in [6, 6.07) is 1.89. The van der Waals surface area contributed by atoms with Gasteiger partial charge in [0.2, 0.25) is 0 Å². The van der Waals surface area contributed by atoms with Gasteiger partial charge in [-0.1, -0.05) is 0 Å². The SMILES string of the molecule is CCNC(=O)c1cc(C)cnc1N1CCOCC1. The van der Waals surface area contributed by atoms with Gasteiger partial charge in [0.15, 0.2) is 0 Å². The van der Waals surface area contributed by atoms with Crippen LogP contribution in [0.3, 0.4) is 0 Å². The van der Waals surface area contributed by atoms with E-state index in [4.69, 9.17) is 4.74 Å². The lowest BCUT2D eigenvalue weighted by Gasteiger charge is -2.29. The van der Waals surface area contributed by atoms with Crippen LogP contribution in [0.4, 0.5) is 5.82 Å². The lowest BCUT2D eigenvalue weighted by molar-refractivity contribution is 0.0953. The van der Waals surface area contributed by atoms with E-state index in [9.17, 15) is 4.79 Å². The number of aromatic nitrogens is 1. The summed E-state index contributed by atoms with van der Waals surface area (Å²) in [6.07, 6.45) is 1.80. The van der Waals surface area contributed by atoms with Crippen molar-refractivity contribution in [2.24, 2.45) is 0 Å². The quantitative estimate of drug-likeness (QED) is 0.867. The highest BCUT2D eigenvalue weighted by Gasteiger charge is 2.19. The van der Waals surface area contributed by atoms with E-state index < -0.39 is 0 Å². The van der Waals surface area contributed by atoms with Crippen molar-refractivity contribution in [2.45, 2.75) is 13.8 Å². The fourth-order valence-corrected chi connectivity index (χ4v) is 2.01. The molecule has 0 bridgehead atoms. The topological polar surface area (TPSA) is 54.5 Å². The van der Waals surface area contributed by atoms with Crippen molar-refractivity contribution >= 4 is 11.7 Å². The molecule has 2 rings (SSSR count). The summed E-state index contributed by atoms with van der Waals surface area (Å²) >= 11 is 0. The molecule has 1 aromatic heterocycles. The first-order valence-corrected chi connectivity index (χ1v) is 6.30. The van der Waals surface area contributed by atoms with Crippen LogP contribution in [-0.2, 0) is 4.74 Å². The Morgan fingerprint density at radius 3 is 2.89 bits per heavy atom. The van der Waals surface area contributed by atoms with Gasteiger partial charge >= 0.3 is 0 Å². The summed E-state index contributed by atoms with van der Waals surface area (Å²) < 4.78 is 5.32. The third-order valence-electron chi connectivity index (χ3n) is 2.90. The van der Waals surface area contributed by atoms with Crippen LogP contribution in [0.1, 0.15) is 22.8 Å². The van der Waals surface area contributed by atoms with Crippen LogP contribution in [0.2, 0.25) is 0 Å². The molecule has 98 valence electrons. The van der Waals surface area contributed by atoms with Gasteiger partial charge in [-0.2, -0.15) is 0 Å². The predicted octanol–water partition coefficient (Wildman–Crippen LogP) is 0.976. The molecule has 5 heteroatoms. The molecule has 0 atom stereocenters. The van der Waals surface area contributed by atoms with Gasteiger partial charge < -0.3 is 15.0 Å². The summed E-state index contributed by atoms with van der Waals surface area (Å²) in [7, 11) is 0. The molecule has 0 aliphatic carbocycles. The number of hydrogen-bond donors (Lipinski definition) is 1. The van der Waals surface area contributed by atoms with E-state index in [1.54, 1.807) is 6.20 Å². The first kappa shape index (κ1) is 12.8. The number of rotatable bonds is 3. The summed E-state index contributed by atoms with van der Waals surface area (Å²) in [6.45, 7) is 7.41. The van der Waals surface area contributed by atoms with E-state index in [1.807, 2.05) is 19.9 Å². The Balaban J connectivity index is 2.30. The number of anilines is 1. The molecule has 0 radical (unpaired) electrons. The first-order valence-electron chi connectivity index (χ1n) is 6.30. The van der Waals surface area contributed by atoms with Gasteiger partial charge in [0, 0.05) is 25.8 Å². The summed E-state index contributed by atoms with van der Waals surface area (Å²) in [5.74, 6) is 0.699. The molecular weight excluding hydrogens is 230 g/mol. The Morgan fingerprint density at radius 2 is 2.22 bits per heavy atom. The Kier molecular flexibility index (Phi) is 4.15. The molecule has 1 N–H and O–H groups in total. The number of pyridine rings is 1. The average Bonchev–Trinajstić information content (AvgIpc) is 2.40. The zero-order valence-electron chi connectivity index (χ0n) is 10.9. The fraction of sp³-hybridized carbons (Fsp3) is 0.538. The van der Waals surface area contributed by atoms with Crippen molar-refractivity contribution in [3.05, 3.63) is 23.4 Å². The van der Waals surface area contributed by atoms with Crippen LogP contribution in [0.15, 0.2) is 12.3 Å². The highest BCUT2D eigenvalue weighted by molar-refractivity contribution is 5.99. The average molecular weight is 249 g/mol. The van der Waals surface area contributed by atoms with Gasteiger partial charge in [0.1, 0.15) is 5.82 Å². The molecule has 18 heavy (non-hydrogen) atoms. The summed E-state index contributed by atoms with van der Waals surface area (Å²) in [5.41, 5.74) is 1.65. The molecular formula is C13H19N3O2. The van der Waals surface area contributed by atoms with Gasteiger partial charge in [-0.25, -0.2) is 4.98 Å². The van der Waals surface area contributed by atoms with Crippen LogP contribution in [0.25, 0.3) is 0 Å². The van der Waals surface area contributed by atoms with Crippen molar-refractivity contribution in [3.8, 4) is 0 Å². The molecule has 1 fully saturated rings. The fourth-order valence-electron chi connectivity index (χ4n) is 2.01. The number of ether oxygens (including phenoxy) is 1. The van der Waals surface area contributed by atoms with Gasteiger partial charge in [-0.15, -0.1) is 0 Å². The highest BCUT2D eigenvalue weighted by Crippen LogP contribution is 2.19. The molecule has 0 unspecified atom stereocenters. The molecule has 1 aliphatic rings. The smallest absolute Gasteiger partial charge is 0.255 e. The molecule has 1 aliphatic heterocycles. The van der Waals surface area contributed by atoms with Crippen molar-refractivity contribution in [3.63, 3.8) is 0 Å². The summed E-state index contributed by atoms with van der Waals surface area (Å²) in [4.78, 5) is 18.6. The van der Waals surface area contributed by atoms with Gasteiger partial charge in [-0.3, -0.25) is 4.79 Å². The molecule has 0 spiro atoms. The zero-order chi connectivity index (χ0) is 13.0. The van der Waals surface area contributed by atoms with Crippen LogP contribution in [0.5, 0.6) is 0 Å². The molecule has 1 aromatic rings.